The first-order chi connectivity index (χ1) is 10.4. The fourth-order valence-corrected chi connectivity index (χ4v) is 2.30. The second-order valence-electron chi connectivity index (χ2n) is 5.01. The Hall–Kier alpha value is -1.18. The zero-order valence-electron chi connectivity index (χ0n) is 11.5. The minimum absolute atomic E-state index is 0.135. The smallest absolute Gasteiger partial charge is 0.184 e. The summed E-state index contributed by atoms with van der Waals surface area (Å²) in [6.07, 6.45) is -9.60. The molecular formula is C11H19N3O8. The van der Waals surface area contributed by atoms with Crippen molar-refractivity contribution in [2.24, 2.45) is 0 Å². The van der Waals surface area contributed by atoms with Crippen LogP contribution in [0.2, 0.25) is 0 Å². The van der Waals surface area contributed by atoms with E-state index in [1.807, 2.05) is 0 Å². The van der Waals surface area contributed by atoms with Crippen LogP contribution in [-0.4, -0.2) is 87.5 Å². The molecule has 11 heteroatoms. The van der Waals surface area contributed by atoms with Gasteiger partial charge in [-0.3, -0.25) is 0 Å². The van der Waals surface area contributed by atoms with E-state index in [0.29, 0.717) is 0 Å². The molecule has 0 bridgehead atoms. The van der Waals surface area contributed by atoms with E-state index in [9.17, 15) is 30.6 Å². The summed E-state index contributed by atoms with van der Waals surface area (Å²) in [5.41, 5.74) is 0.309. The molecule has 2 rings (SSSR count). The number of rotatable bonds is 5. The van der Waals surface area contributed by atoms with Crippen molar-refractivity contribution in [2.45, 2.75) is 56.6 Å². The summed E-state index contributed by atoms with van der Waals surface area (Å²) in [4.78, 5) is 0. The SMILES string of the molecule is OCc1nnn(C[C@@H](O)[C@H]2O[C@@H](O)[C@@H](O)[C@@H](O)[C@@H]2O)c1CO. The van der Waals surface area contributed by atoms with Gasteiger partial charge in [0.15, 0.2) is 6.29 Å². The first kappa shape index (κ1) is 17.2. The Morgan fingerprint density at radius 3 is 2.32 bits per heavy atom. The van der Waals surface area contributed by atoms with Crippen molar-refractivity contribution < 1.29 is 40.5 Å². The maximum absolute atomic E-state index is 10.1. The highest BCUT2D eigenvalue weighted by atomic mass is 16.6. The van der Waals surface area contributed by atoms with Gasteiger partial charge in [-0.1, -0.05) is 5.21 Å². The summed E-state index contributed by atoms with van der Waals surface area (Å²) >= 11 is 0. The Kier molecular flexibility index (Phi) is 5.41. The van der Waals surface area contributed by atoms with Crippen LogP contribution in [-0.2, 0) is 24.5 Å². The Morgan fingerprint density at radius 1 is 1.05 bits per heavy atom. The summed E-state index contributed by atoms with van der Waals surface area (Å²) in [7, 11) is 0. The average Bonchev–Trinajstić information content (AvgIpc) is 2.90. The highest BCUT2D eigenvalue weighted by molar-refractivity contribution is 5.08. The van der Waals surface area contributed by atoms with E-state index >= 15 is 0 Å². The topological polar surface area (TPSA) is 182 Å². The standard InChI is InChI=1S/C11H19N3O8/c15-2-4-5(3-16)14(13-12-4)1-6(17)10-8(19)7(18)9(20)11(21)22-10/h6-11,15-21H,1-3H2/t6-,7+,8+,9+,10-,11-/m1/s1. The molecule has 22 heavy (non-hydrogen) atoms. The predicted octanol–water partition coefficient (Wildman–Crippen LogP) is -4.58. The van der Waals surface area contributed by atoms with Gasteiger partial charge in [0.1, 0.15) is 36.2 Å². The maximum atomic E-state index is 10.1. The lowest BCUT2D eigenvalue weighted by atomic mass is 9.95. The van der Waals surface area contributed by atoms with Crippen LogP contribution in [0.5, 0.6) is 0 Å². The van der Waals surface area contributed by atoms with Crippen LogP contribution in [0.4, 0.5) is 0 Å². The van der Waals surface area contributed by atoms with Crippen molar-refractivity contribution in [2.75, 3.05) is 0 Å². The van der Waals surface area contributed by atoms with Crippen molar-refractivity contribution in [3.63, 3.8) is 0 Å². The summed E-state index contributed by atoms with van der Waals surface area (Å²) in [6, 6.07) is 0. The van der Waals surface area contributed by atoms with Gasteiger partial charge in [-0.15, -0.1) is 5.10 Å². The molecule has 126 valence electrons. The molecule has 0 spiro atoms. The van der Waals surface area contributed by atoms with E-state index in [0.717, 1.165) is 4.68 Å². The van der Waals surface area contributed by atoms with Gasteiger partial charge < -0.3 is 40.5 Å². The highest BCUT2D eigenvalue weighted by Crippen LogP contribution is 2.23. The van der Waals surface area contributed by atoms with Crippen molar-refractivity contribution in [3.05, 3.63) is 11.4 Å². The number of hydrogen-bond donors (Lipinski definition) is 7. The van der Waals surface area contributed by atoms with E-state index in [-0.39, 0.29) is 17.9 Å². The molecular weight excluding hydrogens is 302 g/mol. The molecule has 1 aliphatic heterocycles. The van der Waals surface area contributed by atoms with Gasteiger partial charge in [0.05, 0.1) is 25.5 Å². The van der Waals surface area contributed by atoms with E-state index in [2.05, 4.69) is 10.3 Å². The van der Waals surface area contributed by atoms with Gasteiger partial charge in [-0.2, -0.15) is 0 Å². The predicted molar refractivity (Wildman–Crippen MR) is 66.8 cm³/mol. The molecule has 0 aliphatic carbocycles. The van der Waals surface area contributed by atoms with Gasteiger partial charge in [0, 0.05) is 0 Å². The second-order valence-corrected chi connectivity index (χ2v) is 5.01. The molecule has 11 nitrogen and oxygen atoms in total. The van der Waals surface area contributed by atoms with Crippen molar-refractivity contribution in [3.8, 4) is 0 Å². The molecule has 1 saturated heterocycles. The van der Waals surface area contributed by atoms with E-state index in [1.54, 1.807) is 0 Å². The largest absolute Gasteiger partial charge is 0.390 e. The lowest BCUT2D eigenvalue weighted by molar-refractivity contribution is -0.297. The molecule has 0 unspecified atom stereocenters. The van der Waals surface area contributed by atoms with Gasteiger partial charge >= 0.3 is 0 Å². The molecule has 7 N–H and O–H groups in total. The van der Waals surface area contributed by atoms with Gasteiger partial charge in [0.2, 0.25) is 0 Å². The van der Waals surface area contributed by atoms with Crippen molar-refractivity contribution in [1.82, 2.24) is 15.0 Å². The molecule has 0 aromatic carbocycles. The number of nitrogens with zero attached hydrogens (tertiary/aromatic N) is 3. The zero-order chi connectivity index (χ0) is 16.4. The van der Waals surface area contributed by atoms with Crippen LogP contribution < -0.4 is 0 Å². The van der Waals surface area contributed by atoms with Gasteiger partial charge in [-0.05, 0) is 0 Å². The molecule has 2 heterocycles. The third-order valence-corrected chi connectivity index (χ3v) is 3.58. The average molecular weight is 321 g/mol. The third-order valence-electron chi connectivity index (χ3n) is 3.58. The fourth-order valence-electron chi connectivity index (χ4n) is 2.30. The maximum Gasteiger partial charge on any atom is 0.184 e. The number of aromatic nitrogens is 3. The molecule has 1 fully saturated rings. The highest BCUT2D eigenvalue weighted by Gasteiger charge is 2.46. The molecule has 0 amide bonds. The van der Waals surface area contributed by atoms with Gasteiger partial charge in [-0.25, -0.2) is 4.68 Å². The molecule has 1 aromatic rings. The van der Waals surface area contributed by atoms with Crippen LogP contribution in [0.15, 0.2) is 0 Å². The Balaban J connectivity index is 2.11. The normalized spacial score (nSPS) is 33.9. The number of aliphatic hydroxyl groups excluding tert-OH is 7. The fraction of sp³-hybridized carbons (Fsp3) is 0.818. The first-order valence-electron chi connectivity index (χ1n) is 6.59. The molecule has 1 aromatic heterocycles. The van der Waals surface area contributed by atoms with Crippen molar-refractivity contribution in [1.29, 1.82) is 0 Å². The number of aliphatic hydroxyl groups is 7. The molecule has 1 aliphatic rings. The van der Waals surface area contributed by atoms with E-state index in [4.69, 9.17) is 9.84 Å². The summed E-state index contributed by atoms with van der Waals surface area (Å²) < 4.78 is 6.00. The monoisotopic (exact) mass is 321 g/mol. The lowest BCUT2D eigenvalue weighted by Gasteiger charge is -2.40. The summed E-state index contributed by atoms with van der Waals surface area (Å²) in [5.74, 6) is 0. The van der Waals surface area contributed by atoms with E-state index < -0.39 is 50.0 Å². The molecule has 0 saturated carbocycles. The molecule has 0 radical (unpaired) electrons. The Bertz CT molecular complexity index is 498. The van der Waals surface area contributed by atoms with Crippen LogP contribution in [0.25, 0.3) is 0 Å². The zero-order valence-corrected chi connectivity index (χ0v) is 11.5. The van der Waals surface area contributed by atoms with Crippen LogP contribution in [0.3, 0.4) is 0 Å². The Morgan fingerprint density at radius 2 is 1.73 bits per heavy atom. The summed E-state index contributed by atoms with van der Waals surface area (Å²) in [6.45, 7) is -1.20. The minimum Gasteiger partial charge on any atom is -0.390 e. The number of ether oxygens (including phenoxy) is 1. The van der Waals surface area contributed by atoms with Crippen molar-refractivity contribution >= 4 is 0 Å². The first-order valence-corrected chi connectivity index (χ1v) is 6.59. The van der Waals surface area contributed by atoms with Crippen LogP contribution in [0.1, 0.15) is 11.4 Å². The summed E-state index contributed by atoms with van der Waals surface area (Å²) in [5, 5.41) is 73.8. The number of hydrogen-bond acceptors (Lipinski definition) is 10. The Labute approximate surface area is 124 Å². The third kappa shape index (κ3) is 3.11. The quantitative estimate of drug-likeness (QED) is 0.279. The van der Waals surface area contributed by atoms with Crippen LogP contribution >= 0.6 is 0 Å². The second kappa shape index (κ2) is 6.93. The minimum atomic E-state index is -1.76. The lowest BCUT2D eigenvalue weighted by Crippen LogP contribution is -2.61. The van der Waals surface area contributed by atoms with Crippen LogP contribution in [0, 0.1) is 0 Å². The molecule has 6 atom stereocenters. The van der Waals surface area contributed by atoms with E-state index in [1.165, 1.54) is 0 Å². The van der Waals surface area contributed by atoms with Gasteiger partial charge in [0.25, 0.3) is 0 Å².